The molecule has 1 atom stereocenters. The first kappa shape index (κ1) is 105. The highest BCUT2D eigenvalue weighted by Crippen LogP contribution is 2.33. The lowest BCUT2D eigenvalue weighted by Crippen LogP contribution is -2.17. The van der Waals surface area contributed by atoms with Crippen LogP contribution in [0.3, 0.4) is 0 Å². The van der Waals surface area contributed by atoms with E-state index in [4.69, 9.17) is 97.4 Å². The van der Waals surface area contributed by atoms with E-state index < -0.39 is 59.6 Å². The van der Waals surface area contributed by atoms with Crippen molar-refractivity contribution in [1.82, 2.24) is 19.9 Å². The Morgan fingerprint density at radius 1 is 0.470 bits per heavy atom. The molecule has 1 aliphatic rings. The van der Waals surface area contributed by atoms with Crippen molar-refractivity contribution in [3.8, 4) is 41.2 Å². The molecule has 0 radical (unpaired) electrons. The van der Waals surface area contributed by atoms with Crippen molar-refractivity contribution in [3.63, 3.8) is 0 Å². The monoisotopic (exact) mass is 1890 g/mol. The van der Waals surface area contributed by atoms with Crippen molar-refractivity contribution < 1.29 is 118 Å². The number of thiol groups is 1. The van der Waals surface area contributed by atoms with Gasteiger partial charge in [0.1, 0.15) is 51.3 Å². The van der Waals surface area contributed by atoms with Gasteiger partial charge in [-0.2, -0.15) is 75.5 Å². The zero-order valence-electron chi connectivity index (χ0n) is 62.6. The number of ether oxygens (including phenoxy) is 5. The molecule has 44 heteroatoms. The first-order valence-corrected chi connectivity index (χ1v) is 46.1. The molecule has 0 spiro atoms. The van der Waals surface area contributed by atoms with Gasteiger partial charge in [-0.3, -0.25) is 29.0 Å². The van der Waals surface area contributed by atoms with Gasteiger partial charge >= 0.3 is 53.6 Å². The van der Waals surface area contributed by atoms with Gasteiger partial charge in [0.2, 0.25) is 0 Å². The predicted octanol–water partition coefficient (Wildman–Crippen LogP) is 15.7. The summed E-state index contributed by atoms with van der Waals surface area (Å²) >= 11 is 25.1. The second-order valence-electron chi connectivity index (χ2n) is 22.6. The predicted molar refractivity (Wildman–Crippen MR) is 466 cm³/mol. The molecule has 8 aromatic rings. The minimum atomic E-state index is -0.949. The van der Waals surface area contributed by atoms with E-state index in [1.807, 2.05) is 18.2 Å². The lowest BCUT2D eigenvalue weighted by Gasteiger charge is -2.06. The number of benzene rings is 4. The minimum absolute atomic E-state index is 0.164. The lowest BCUT2D eigenvalue weighted by molar-refractivity contribution is -0.138. The van der Waals surface area contributed by atoms with Crippen LogP contribution in [0.4, 0.5) is 14.4 Å². The highest BCUT2D eigenvalue weighted by atomic mass is 79.9. The number of thiazole rings is 4. The summed E-state index contributed by atoms with van der Waals surface area (Å²) in [6, 6.07) is 24.8. The molecule has 5 heterocycles. The normalized spacial score (nSPS) is 11.4. The van der Waals surface area contributed by atoms with Crippen molar-refractivity contribution in [1.29, 1.82) is 15.8 Å². The second-order valence-corrected chi connectivity index (χ2v) is 34.2. The number of carbonyl (C=O) groups excluding carboxylic acids is 3. The van der Waals surface area contributed by atoms with Gasteiger partial charge in [-0.1, -0.05) is 15.9 Å². The molecule has 636 valence electrons. The van der Waals surface area contributed by atoms with E-state index in [1.165, 1.54) is 57.1 Å². The number of aliphatic carboxylic acids is 6. The summed E-state index contributed by atoms with van der Waals surface area (Å²) in [5.41, 5.74) is 1.96. The number of rotatable bonds is 40. The molecule has 117 heavy (non-hydrogen) atoms. The van der Waals surface area contributed by atoms with Crippen LogP contribution < -0.4 is 14.2 Å². The summed E-state index contributed by atoms with van der Waals surface area (Å²) in [6.07, 6.45) is 6.72. The summed E-state index contributed by atoms with van der Waals surface area (Å²) < 4.78 is 28.2. The lowest BCUT2D eigenvalue weighted by atomic mass is 10.3. The molecule has 0 amide bonds. The number of aliphatic imine (C=N–C) groups is 1. The van der Waals surface area contributed by atoms with Crippen molar-refractivity contribution in [2.75, 3.05) is 95.9 Å². The molecule has 4 aromatic heterocycles. The summed E-state index contributed by atoms with van der Waals surface area (Å²) in [7, 11) is 0. The van der Waals surface area contributed by atoms with Gasteiger partial charge in [0.15, 0.2) is 21.1 Å². The Labute approximate surface area is 728 Å². The third kappa shape index (κ3) is 50.5. The van der Waals surface area contributed by atoms with Crippen LogP contribution in [0.5, 0.6) is 23.0 Å². The number of aliphatic hydroxyl groups is 3. The molecular weight excluding hydrogens is 1810 g/mol. The number of hydrogen-bond acceptors (Lipinski definition) is 36. The highest BCUT2D eigenvalue weighted by Gasteiger charge is 2.27. The number of aromatic nitrogens is 4. The van der Waals surface area contributed by atoms with Gasteiger partial charge in [-0.25, -0.2) is 39.1 Å². The van der Waals surface area contributed by atoms with Crippen LogP contribution in [0, 0.1) is 34.0 Å². The molecule has 0 aliphatic carbocycles. The van der Waals surface area contributed by atoms with Crippen molar-refractivity contribution >= 4 is 244 Å². The van der Waals surface area contributed by atoms with Crippen LogP contribution in [0.2, 0.25) is 0 Å². The molecule has 0 saturated carbocycles. The van der Waals surface area contributed by atoms with Crippen molar-refractivity contribution in [2.45, 2.75) is 102 Å². The fourth-order valence-electron chi connectivity index (χ4n) is 7.98. The second kappa shape index (κ2) is 64.9. The Kier molecular flexibility index (Phi) is 58.3. The molecule has 32 nitrogen and oxygen atoms in total. The number of carbonyl (C=O) groups is 9. The highest BCUT2D eigenvalue weighted by molar-refractivity contribution is 9.09. The Hall–Kier alpha value is -8.04. The number of carboxylic acid groups (broad SMARTS) is 6. The van der Waals surface area contributed by atoms with E-state index in [-0.39, 0.29) is 70.9 Å². The number of aliphatic hydroxyl groups excluding tert-OH is 3. The SMILES string of the molecule is N#Cc1nc2ccc(O)cc2s1.N#Cc1nc2ccc(OC(=O)Cl)cc2s1.N#Cc1nc2ccc(OC(=O)OCCCSCCCC(=O)O)cc2s1.O=C(O)CCCBr.O=C(O)CCCSCCCO.O=C(O)CCCSCCCO.O=C(O)CCCSCCCOC(=O)Oc1ccc2nc(C3=N[C@@H](C(=O)O)CS3)sc2c1.OCCCS. The number of carboxylic acids is 6. The van der Waals surface area contributed by atoms with E-state index in [0.717, 1.165) is 120 Å². The molecule has 0 bridgehead atoms. The number of fused-ring (bicyclic) bond motifs is 4. The largest absolute Gasteiger partial charge is 0.513 e. The number of phenolic OH excluding ortho intramolecular Hbond substituents is 1. The average molecular weight is 1900 g/mol. The Morgan fingerprint density at radius 2 is 0.812 bits per heavy atom. The van der Waals surface area contributed by atoms with Crippen LogP contribution >= 0.6 is 144 Å². The van der Waals surface area contributed by atoms with Crippen molar-refractivity contribution in [3.05, 3.63) is 92.8 Å². The quantitative estimate of drug-likeness (QED) is 0.00424. The summed E-state index contributed by atoms with van der Waals surface area (Å²) in [4.78, 5) is 116. The maximum Gasteiger partial charge on any atom is 0.513 e. The molecule has 0 saturated heterocycles. The maximum absolute atomic E-state index is 11.9. The zero-order chi connectivity index (χ0) is 86.6. The molecule has 0 fully saturated rings. The van der Waals surface area contributed by atoms with Crippen LogP contribution in [-0.4, -0.2) is 232 Å². The molecule has 9 rings (SSSR count). The van der Waals surface area contributed by atoms with E-state index in [2.05, 4.69) is 58.2 Å². The fraction of sp³-hybridized carbons (Fsp3) is 0.438. The molecule has 0 unspecified atom stereocenters. The standard InChI is InChI=1S/C19H20N2O7S3.C16H16N2O5S2.C9H3ClN2O2S.C8H4N2OS.2C7H14O3S.C4H7BrO2.C3H8OS/c22-15(23)3-1-7-29-8-2-6-27-19(26)28-11-4-5-12-14(9-11)31-17(20-12)16-21-13(10-30-16)18(24)25;17-10-14-18-12-5-4-11(9-13(12)25-14)23-16(21)22-6-2-8-24-7-1-3-15(19)20;10-9(13)14-5-1-2-6-7(3-5)15-8(4-11)12-6;9-4-8-10-6-2-1-5(11)3-7(6)12-8;2*8-4-2-6-11-5-1-3-7(9)10;5-3-1-2-4(6)7;4-2-1-3-5/h4-5,9,13H,1-3,6-8,10H2,(H,22,23)(H,24,25);4-5,9H,1-3,6-8H2,(H,19,20);1-3H;1-3,11H;2*8H,1-6H2,(H,9,10);1-3H2,(H,6,7);4-5H,1-3H2/t13-;;;;;;;/m1......./s1. The number of nitriles is 3. The van der Waals surface area contributed by atoms with E-state index in [9.17, 15) is 43.2 Å². The van der Waals surface area contributed by atoms with Crippen LogP contribution in [0.25, 0.3) is 40.9 Å². The van der Waals surface area contributed by atoms with Crippen LogP contribution in [0.15, 0.2) is 77.8 Å². The third-order valence-corrected chi connectivity index (χ3v) is 23.8. The maximum atomic E-state index is 11.9. The summed E-state index contributed by atoms with van der Waals surface area (Å²) in [6.45, 7) is 1.19. The molecule has 4 aromatic carbocycles. The van der Waals surface area contributed by atoms with Gasteiger partial charge in [0.25, 0.3) is 0 Å². The number of halogens is 2. The number of hydrogen-bond donors (Lipinski definition) is 11. The van der Waals surface area contributed by atoms with Gasteiger partial charge < -0.3 is 74.7 Å². The van der Waals surface area contributed by atoms with E-state index in [1.54, 1.807) is 120 Å². The van der Waals surface area contributed by atoms with Crippen LogP contribution in [-0.2, 0) is 38.2 Å². The minimum Gasteiger partial charge on any atom is -0.508 e. The van der Waals surface area contributed by atoms with Crippen LogP contribution in [0.1, 0.15) is 116 Å². The Morgan fingerprint density at radius 3 is 1.14 bits per heavy atom. The molecular formula is C73H86BrClN8O24S10. The van der Waals surface area contributed by atoms with E-state index >= 15 is 0 Å². The average Bonchev–Trinajstić information content (AvgIpc) is 1.68. The first-order valence-electron chi connectivity index (χ1n) is 35.1. The topological polar surface area (TPSA) is 537 Å². The van der Waals surface area contributed by atoms with Gasteiger partial charge in [-0.15, -0.1) is 57.1 Å². The zero-order valence-corrected chi connectivity index (χ0v) is 73.2. The number of thioether (sulfide) groups is 5. The Balaban J connectivity index is 0.000000482. The van der Waals surface area contributed by atoms with Crippen molar-refractivity contribution in [2.24, 2.45) is 4.99 Å². The number of nitrogens with zero attached hydrogens (tertiary/aromatic N) is 8. The smallest absolute Gasteiger partial charge is 0.508 e. The number of aromatic hydroxyl groups is 1. The molecule has 1 aliphatic heterocycles. The number of phenols is 1. The molecule has 10 N–H and O–H groups in total. The van der Waals surface area contributed by atoms with E-state index in [0.29, 0.717) is 90.3 Å². The third-order valence-electron chi connectivity index (χ3n) is 13.2. The fourth-order valence-corrected chi connectivity index (χ4v) is 16.5. The van der Waals surface area contributed by atoms with Gasteiger partial charge in [-0.05, 0) is 171 Å². The van der Waals surface area contributed by atoms with Gasteiger partial charge in [0, 0.05) is 92.8 Å². The first-order chi connectivity index (χ1) is 56.2. The van der Waals surface area contributed by atoms with Gasteiger partial charge in [0.05, 0.1) is 54.1 Å². The Bertz CT molecular complexity index is 4510. The number of alkyl halides is 1. The summed E-state index contributed by atoms with van der Waals surface area (Å²) in [5, 5.41) is 114. The summed E-state index contributed by atoms with van der Waals surface area (Å²) in [5.74, 6) is 4.40.